The van der Waals surface area contributed by atoms with Crippen molar-refractivity contribution in [1.29, 1.82) is 0 Å². The van der Waals surface area contributed by atoms with Crippen molar-refractivity contribution in [2.45, 2.75) is 4.90 Å². The Morgan fingerprint density at radius 1 is 1.52 bits per heavy atom. The van der Waals surface area contributed by atoms with Crippen molar-refractivity contribution in [3.8, 4) is 0 Å². The SMILES string of the molecule is C=CCN(CC(=O)O)S(=O)(=O)c1cccc(F)c1[N+](=O)[O-]. The van der Waals surface area contributed by atoms with E-state index in [1.165, 1.54) is 0 Å². The van der Waals surface area contributed by atoms with Gasteiger partial charge in [-0.05, 0) is 12.1 Å². The molecule has 0 spiro atoms. The molecule has 1 aromatic carbocycles. The number of carboxylic acid groups (broad SMARTS) is 1. The molecule has 0 aliphatic heterocycles. The highest BCUT2D eigenvalue weighted by molar-refractivity contribution is 7.89. The summed E-state index contributed by atoms with van der Waals surface area (Å²) in [4.78, 5) is 19.5. The molecule has 1 N–H and O–H groups in total. The minimum absolute atomic E-state index is 0.387. The van der Waals surface area contributed by atoms with E-state index >= 15 is 0 Å². The Morgan fingerprint density at radius 3 is 2.62 bits per heavy atom. The van der Waals surface area contributed by atoms with Crippen LogP contribution in [0.2, 0.25) is 0 Å². The van der Waals surface area contributed by atoms with Crippen LogP contribution in [-0.4, -0.2) is 41.8 Å². The van der Waals surface area contributed by atoms with Gasteiger partial charge in [-0.3, -0.25) is 14.9 Å². The first kappa shape index (κ1) is 16.7. The van der Waals surface area contributed by atoms with Gasteiger partial charge in [-0.25, -0.2) is 8.42 Å². The van der Waals surface area contributed by atoms with E-state index < -0.39 is 43.9 Å². The average Bonchev–Trinajstić information content (AvgIpc) is 2.36. The first-order chi connectivity index (χ1) is 9.71. The van der Waals surface area contributed by atoms with Gasteiger partial charge in [0.15, 0.2) is 4.90 Å². The molecular weight excluding hydrogens is 307 g/mol. The topological polar surface area (TPSA) is 118 Å². The molecule has 21 heavy (non-hydrogen) atoms. The van der Waals surface area contributed by atoms with E-state index in [1.807, 2.05) is 0 Å². The van der Waals surface area contributed by atoms with Crippen molar-refractivity contribution in [2.24, 2.45) is 0 Å². The van der Waals surface area contributed by atoms with Crippen molar-refractivity contribution in [1.82, 2.24) is 4.31 Å². The molecule has 0 bridgehead atoms. The van der Waals surface area contributed by atoms with Crippen molar-refractivity contribution in [3.63, 3.8) is 0 Å². The maximum absolute atomic E-state index is 13.5. The summed E-state index contributed by atoms with van der Waals surface area (Å²) < 4.78 is 38.5. The van der Waals surface area contributed by atoms with Gasteiger partial charge in [0, 0.05) is 6.54 Å². The Kier molecular flexibility index (Phi) is 5.11. The van der Waals surface area contributed by atoms with Crippen LogP contribution in [0, 0.1) is 15.9 Å². The van der Waals surface area contributed by atoms with Crippen LogP contribution in [0.3, 0.4) is 0 Å². The van der Waals surface area contributed by atoms with Crippen LogP contribution in [0.25, 0.3) is 0 Å². The third-order valence-electron chi connectivity index (χ3n) is 2.39. The summed E-state index contributed by atoms with van der Waals surface area (Å²) in [5.74, 6) is -2.78. The van der Waals surface area contributed by atoms with Crippen LogP contribution in [0.4, 0.5) is 10.1 Å². The van der Waals surface area contributed by atoms with Crippen molar-refractivity contribution in [2.75, 3.05) is 13.1 Å². The molecule has 0 unspecified atom stereocenters. The lowest BCUT2D eigenvalue weighted by Crippen LogP contribution is -2.36. The van der Waals surface area contributed by atoms with Gasteiger partial charge in [0.2, 0.25) is 5.82 Å². The molecule has 10 heteroatoms. The van der Waals surface area contributed by atoms with Crippen LogP contribution in [0.5, 0.6) is 0 Å². The number of nitro benzene ring substituents is 1. The van der Waals surface area contributed by atoms with Gasteiger partial charge in [0.05, 0.1) is 4.92 Å². The Bertz CT molecular complexity index is 688. The Morgan fingerprint density at radius 2 is 2.14 bits per heavy atom. The van der Waals surface area contributed by atoms with E-state index in [2.05, 4.69) is 6.58 Å². The van der Waals surface area contributed by atoms with Gasteiger partial charge in [-0.2, -0.15) is 8.70 Å². The van der Waals surface area contributed by atoms with Crippen molar-refractivity contribution in [3.05, 3.63) is 46.8 Å². The van der Waals surface area contributed by atoms with E-state index in [1.54, 1.807) is 0 Å². The van der Waals surface area contributed by atoms with E-state index in [-0.39, 0.29) is 6.54 Å². The quantitative estimate of drug-likeness (QED) is 0.455. The molecule has 8 nitrogen and oxygen atoms in total. The molecule has 0 aromatic heterocycles. The van der Waals surface area contributed by atoms with Crippen molar-refractivity contribution < 1.29 is 27.6 Å². The number of carbonyl (C=O) groups is 1. The smallest absolute Gasteiger partial charge is 0.324 e. The Labute approximate surface area is 119 Å². The summed E-state index contributed by atoms with van der Waals surface area (Å²) in [5, 5.41) is 19.5. The molecule has 1 aromatic rings. The van der Waals surface area contributed by atoms with Crippen LogP contribution in [-0.2, 0) is 14.8 Å². The normalized spacial score (nSPS) is 11.3. The predicted octanol–water partition coefficient (Wildman–Crippen LogP) is 0.995. The van der Waals surface area contributed by atoms with Crippen LogP contribution >= 0.6 is 0 Å². The first-order valence-corrected chi connectivity index (χ1v) is 6.91. The van der Waals surface area contributed by atoms with Crippen LogP contribution in [0.15, 0.2) is 35.7 Å². The average molecular weight is 318 g/mol. The molecule has 0 atom stereocenters. The third-order valence-corrected chi connectivity index (χ3v) is 4.24. The number of carboxylic acids is 1. The fourth-order valence-electron chi connectivity index (χ4n) is 1.56. The predicted molar refractivity (Wildman–Crippen MR) is 69.6 cm³/mol. The molecule has 0 aliphatic carbocycles. The summed E-state index contributed by atoms with van der Waals surface area (Å²) in [6, 6.07) is 2.57. The summed E-state index contributed by atoms with van der Waals surface area (Å²) in [6.07, 6.45) is 1.12. The van der Waals surface area contributed by atoms with E-state index in [0.29, 0.717) is 4.31 Å². The summed E-state index contributed by atoms with van der Waals surface area (Å²) in [5.41, 5.74) is -1.23. The number of hydrogen-bond donors (Lipinski definition) is 1. The minimum Gasteiger partial charge on any atom is -0.480 e. The summed E-state index contributed by atoms with van der Waals surface area (Å²) in [6.45, 7) is 1.97. The highest BCUT2D eigenvalue weighted by atomic mass is 32.2. The molecule has 1 rings (SSSR count). The lowest BCUT2D eigenvalue weighted by atomic mass is 10.3. The highest BCUT2D eigenvalue weighted by Crippen LogP contribution is 2.29. The van der Waals surface area contributed by atoms with E-state index in [0.717, 1.165) is 24.3 Å². The second-order valence-electron chi connectivity index (χ2n) is 3.82. The molecule has 0 amide bonds. The van der Waals surface area contributed by atoms with Gasteiger partial charge in [0.1, 0.15) is 6.54 Å². The van der Waals surface area contributed by atoms with Gasteiger partial charge in [0.25, 0.3) is 10.0 Å². The zero-order chi connectivity index (χ0) is 16.2. The number of sulfonamides is 1. The second-order valence-corrected chi connectivity index (χ2v) is 5.73. The molecule has 0 saturated carbocycles. The van der Waals surface area contributed by atoms with Gasteiger partial charge in [-0.1, -0.05) is 12.1 Å². The number of para-hydroxylation sites is 1. The number of nitro groups is 1. The summed E-state index contributed by atoms with van der Waals surface area (Å²) >= 11 is 0. The zero-order valence-corrected chi connectivity index (χ0v) is 11.4. The molecule has 0 heterocycles. The summed E-state index contributed by atoms with van der Waals surface area (Å²) in [7, 11) is -4.56. The molecule has 0 saturated heterocycles. The number of rotatable bonds is 7. The standard InChI is InChI=1S/C11H11FN2O6S/c1-2-6-13(7-10(15)16)21(19,20)9-5-3-4-8(12)11(9)14(17)18/h2-5H,1,6-7H2,(H,15,16). The Balaban J connectivity index is 3.48. The first-order valence-electron chi connectivity index (χ1n) is 5.47. The van der Waals surface area contributed by atoms with Gasteiger partial charge < -0.3 is 5.11 Å². The van der Waals surface area contributed by atoms with Crippen LogP contribution in [0.1, 0.15) is 0 Å². The maximum Gasteiger partial charge on any atom is 0.324 e. The minimum atomic E-state index is -4.56. The maximum atomic E-state index is 13.5. The van der Waals surface area contributed by atoms with E-state index in [4.69, 9.17) is 5.11 Å². The largest absolute Gasteiger partial charge is 0.480 e. The zero-order valence-electron chi connectivity index (χ0n) is 10.6. The molecule has 0 fully saturated rings. The lowest BCUT2D eigenvalue weighted by Gasteiger charge is -2.18. The number of halogens is 1. The monoisotopic (exact) mass is 318 g/mol. The lowest BCUT2D eigenvalue weighted by molar-refractivity contribution is -0.390. The molecule has 0 aliphatic rings. The highest BCUT2D eigenvalue weighted by Gasteiger charge is 2.34. The molecule has 0 radical (unpaired) electrons. The number of nitrogens with zero attached hydrogens (tertiary/aromatic N) is 2. The third kappa shape index (κ3) is 3.61. The van der Waals surface area contributed by atoms with E-state index in [9.17, 15) is 27.7 Å². The molecule has 114 valence electrons. The second kappa shape index (κ2) is 6.41. The number of hydrogen-bond acceptors (Lipinski definition) is 5. The Hall–Kier alpha value is -2.33. The van der Waals surface area contributed by atoms with Crippen molar-refractivity contribution >= 4 is 21.7 Å². The fourth-order valence-corrected chi connectivity index (χ4v) is 3.09. The fraction of sp³-hybridized carbons (Fsp3) is 0.182. The number of benzene rings is 1. The van der Waals surface area contributed by atoms with Crippen LogP contribution < -0.4 is 0 Å². The van der Waals surface area contributed by atoms with Gasteiger partial charge >= 0.3 is 11.7 Å². The molecular formula is C11H11FN2O6S. The number of aliphatic carboxylic acids is 1. The van der Waals surface area contributed by atoms with Gasteiger partial charge in [-0.15, -0.1) is 6.58 Å².